The van der Waals surface area contributed by atoms with Crippen LogP contribution in [0, 0.1) is 24.4 Å². The topological polar surface area (TPSA) is 25.8 Å². The molecule has 2 aromatic rings. The van der Waals surface area contributed by atoms with Gasteiger partial charge in [0.2, 0.25) is 0 Å². The normalized spacial score (nSPS) is 10.5. The number of rotatable bonds is 1. The van der Waals surface area contributed by atoms with Crippen molar-refractivity contribution in [1.29, 1.82) is 0 Å². The molecule has 82 valence electrons. The lowest BCUT2D eigenvalue weighted by molar-refractivity contribution is 0.497. The van der Waals surface area contributed by atoms with E-state index in [-0.39, 0.29) is 11.4 Å². The number of aryl methyl sites for hydroxylation is 1. The van der Waals surface area contributed by atoms with E-state index in [0.29, 0.717) is 11.8 Å². The molecule has 2 rings (SSSR count). The molecular weight excluding hydrogens is 217 g/mol. The molecule has 16 heavy (non-hydrogen) atoms. The van der Waals surface area contributed by atoms with Gasteiger partial charge in [-0.25, -0.2) is 23.1 Å². The Hall–Kier alpha value is -1.91. The largest absolute Gasteiger partial charge is 0.236 e. The third kappa shape index (κ3) is 1.88. The highest BCUT2D eigenvalue weighted by atomic mass is 19.2. The van der Waals surface area contributed by atoms with Crippen LogP contribution in [0.2, 0.25) is 0 Å². The fraction of sp³-hybridized carbons (Fsp3) is 0.0909. The Morgan fingerprint density at radius 1 is 1.12 bits per heavy atom. The van der Waals surface area contributed by atoms with Crippen molar-refractivity contribution in [2.45, 2.75) is 6.92 Å². The Bertz CT molecular complexity index is 541. The first-order chi connectivity index (χ1) is 7.58. The maximum Gasteiger partial charge on any atom is 0.170 e. The van der Waals surface area contributed by atoms with Crippen LogP contribution < -0.4 is 0 Å². The molecule has 5 heteroatoms. The third-order valence-electron chi connectivity index (χ3n) is 2.03. The molecule has 0 aliphatic carbocycles. The van der Waals surface area contributed by atoms with E-state index in [4.69, 9.17) is 0 Å². The summed E-state index contributed by atoms with van der Waals surface area (Å²) in [6, 6.07) is 2.96. The number of halogens is 3. The quantitative estimate of drug-likeness (QED) is 0.696. The van der Waals surface area contributed by atoms with E-state index in [0.717, 1.165) is 6.07 Å². The average molecular weight is 224 g/mol. The minimum absolute atomic E-state index is 0.0316. The van der Waals surface area contributed by atoms with Gasteiger partial charge in [0, 0.05) is 18.0 Å². The van der Waals surface area contributed by atoms with Crippen LogP contribution in [0.4, 0.5) is 13.2 Å². The molecule has 0 aliphatic heterocycles. The zero-order valence-corrected chi connectivity index (χ0v) is 8.34. The van der Waals surface area contributed by atoms with Crippen molar-refractivity contribution in [3.63, 3.8) is 0 Å². The Balaban J connectivity index is 2.64. The summed E-state index contributed by atoms with van der Waals surface area (Å²) in [5, 5.41) is 0. The standard InChI is InChI=1S/C11H7F3N2/c1-6-2-3-15-11(16-6)8-4-7(12)5-9(13)10(8)14/h2-5H,1H3. The van der Waals surface area contributed by atoms with Crippen LogP contribution >= 0.6 is 0 Å². The Labute approximate surface area is 89.8 Å². The van der Waals surface area contributed by atoms with Gasteiger partial charge in [-0.3, -0.25) is 0 Å². The molecule has 0 amide bonds. The predicted molar refractivity (Wildman–Crippen MR) is 52.1 cm³/mol. The first-order valence-electron chi connectivity index (χ1n) is 4.52. The van der Waals surface area contributed by atoms with Crippen LogP contribution in [0.1, 0.15) is 5.69 Å². The highest BCUT2D eigenvalue weighted by molar-refractivity contribution is 5.56. The van der Waals surface area contributed by atoms with Crippen LogP contribution in [0.3, 0.4) is 0 Å². The van der Waals surface area contributed by atoms with Crippen molar-refractivity contribution in [3.8, 4) is 11.4 Å². The molecule has 1 heterocycles. The van der Waals surface area contributed by atoms with Gasteiger partial charge < -0.3 is 0 Å². The van der Waals surface area contributed by atoms with Crippen LogP contribution in [0.25, 0.3) is 11.4 Å². The number of hydrogen-bond acceptors (Lipinski definition) is 2. The van der Waals surface area contributed by atoms with Gasteiger partial charge in [0.15, 0.2) is 17.5 Å². The third-order valence-corrected chi connectivity index (χ3v) is 2.03. The fourth-order valence-electron chi connectivity index (χ4n) is 1.30. The molecule has 0 saturated heterocycles. The van der Waals surface area contributed by atoms with E-state index >= 15 is 0 Å². The molecule has 0 aliphatic rings. The second kappa shape index (κ2) is 3.92. The molecule has 1 aromatic carbocycles. The van der Waals surface area contributed by atoms with Crippen LogP contribution in [0.15, 0.2) is 24.4 Å². The molecule has 2 nitrogen and oxygen atoms in total. The summed E-state index contributed by atoms with van der Waals surface area (Å²) in [4.78, 5) is 7.67. The second-order valence-corrected chi connectivity index (χ2v) is 3.27. The Morgan fingerprint density at radius 2 is 1.88 bits per heavy atom. The van der Waals surface area contributed by atoms with Crippen LogP contribution in [0.5, 0.6) is 0 Å². The van der Waals surface area contributed by atoms with Gasteiger partial charge in [-0.05, 0) is 19.1 Å². The highest BCUT2D eigenvalue weighted by Gasteiger charge is 2.14. The molecule has 0 saturated carbocycles. The summed E-state index contributed by atoms with van der Waals surface area (Å²) in [7, 11) is 0. The number of aromatic nitrogens is 2. The maximum atomic E-state index is 13.4. The highest BCUT2D eigenvalue weighted by Crippen LogP contribution is 2.22. The van der Waals surface area contributed by atoms with Gasteiger partial charge >= 0.3 is 0 Å². The van der Waals surface area contributed by atoms with Gasteiger partial charge in [0.1, 0.15) is 5.82 Å². The van der Waals surface area contributed by atoms with E-state index in [1.165, 1.54) is 6.20 Å². The van der Waals surface area contributed by atoms with Gasteiger partial charge in [-0.2, -0.15) is 0 Å². The molecule has 0 bridgehead atoms. The molecule has 0 unspecified atom stereocenters. The lowest BCUT2D eigenvalue weighted by atomic mass is 10.2. The summed E-state index contributed by atoms with van der Waals surface area (Å²) in [5.41, 5.74) is 0.315. The summed E-state index contributed by atoms with van der Waals surface area (Å²) < 4.78 is 39.3. The molecule has 0 spiro atoms. The van der Waals surface area contributed by atoms with Gasteiger partial charge in [0.25, 0.3) is 0 Å². The van der Waals surface area contributed by atoms with Crippen molar-refractivity contribution in [2.75, 3.05) is 0 Å². The summed E-state index contributed by atoms with van der Waals surface area (Å²) in [6.45, 7) is 1.68. The molecule has 0 radical (unpaired) electrons. The summed E-state index contributed by atoms with van der Waals surface area (Å²) >= 11 is 0. The lowest BCUT2D eigenvalue weighted by Crippen LogP contribution is -1.97. The van der Waals surface area contributed by atoms with Gasteiger partial charge in [-0.1, -0.05) is 0 Å². The minimum atomic E-state index is -1.25. The Morgan fingerprint density at radius 3 is 2.56 bits per heavy atom. The molecule has 0 N–H and O–H groups in total. The first-order valence-corrected chi connectivity index (χ1v) is 4.52. The SMILES string of the molecule is Cc1ccnc(-c2cc(F)cc(F)c2F)n1. The number of hydrogen-bond donors (Lipinski definition) is 0. The van der Waals surface area contributed by atoms with Gasteiger partial charge in [-0.15, -0.1) is 0 Å². The van der Waals surface area contributed by atoms with Gasteiger partial charge in [0.05, 0.1) is 5.56 Å². The van der Waals surface area contributed by atoms with Crippen molar-refractivity contribution in [2.24, 2.45) is 0 Å². The van der Waals surface area contributed by atoms with Crippen LogP contribution in [-0.2, 0) is 0 Å². The number of nitrogens with zero attached hydrogens (tertiary/aromatic N) is 2. The lowest BCUT2D eigenvalue weighted by Gasteiger charge is -2.03. The molecule has 1 aromatic heterocycles. The average Bonchev–Trinajstić information content (AvgIpc) is 2.23. The van der Waals surface area contributed by atoms with Crippen molar-refractivity contribution in [1.82, 2.24) is 9.97 Å². The maximum absolute atomic E-state index is 13.4. The fourth-order valence-corrected chi connectivity index (χ4v) is 1.30. The number of benzene rings is 1. The second-order valence-electron chi connectivity index (χ2n) is 3.27. The zero-order chi connectivity index (χ0) is 11.7. The zero-order valence-electron chi connectivity index (χ0n) is 8.34. The van der Waals surface area contributed by atoms with E-state index in [1.807, 2.05) is 0 Å². The van der Waals surface area contributed by atoms with E-state index < -0.39 is 17.5 Å². The predicted octanol–water partition coefficient (Wildman–Crippen LogP) is 2.87. The summed E-state index contributed by atoms with van der Waals surface area (Å²) in [5.74, 6) is -3.29. The van der Waals surface area contributed by atoms with Crippen molar-refractivity contribution >= 4 is 0 Å². The molecule has 0 atom stereocenters. The van der Waals surface area contributed by atoms with E-state index in [2.05, 4.69) is 9.97 Å². The monoisotopic (exact) mass is 224 g/mol. The van der Waals surface area contributed by atoms with Crippen LogP contribution in [-0.4, -0.2) is 9.97 Å². The van der Waals surface area contributed by atoms with Crippen molar-refractivity contribution < 1.29 is 13.2 Å². The Kier molecular flexibility index (Phi) is 2.60. The minimum Gasteiger partial charge on any atom is -0.236 e. The molecular formula is C11H7F3N2. The van der Waals surface area contributed by atoms with E-state index in [9.17, 15) is 13.2 Å². The first kappa shape index (κ1) is 10.6. The smallest absolute Gasteiger partial charge is 0.170 e. The van der Waals surface area contributed by atoms with E-state index in [1.54, 1.807) is 13.0 Å². The van der Waals surface area contributed by atoms with Crippen molar-refractivity contribution in [3.05, 3.63) is 47.5 Å². The summed E-state index contributed by atoms with van der Waals surface area (Å²) in [6.07, 6.45) is 1.40. The molecule has 0 fully saturated rings.